The van der Waals surface area contributed by atoms with Crippen molar-refractivity contribution in [2.75, 3.05) is 30.8 Å². The topological polar surface area (TPSA) is 96.5 Å². The number of aromatic nitrogens is 2. The SMILES string of the molecule is CNc1ncc(C#Cc2ccc(OC3CN(C(C)=O)C3)cc2)c2cc(NC(=O)[C@H]3C[C@H]3C(F)F)ncc12. The Kier molecular flexibility index (Phi) is 6.61. The summed E-state index contributed by atoms with van der Waals surface area (Å²) in [6, 6.07) is 9.05. The standard InChI is InChI=1S/C27H25F2N5O3/c1-15(35)34-13-19(14-34)37-18-7-4-16(5-8-18)3-6-17-11-32-26(30-2)23-12-31-24(10-20(17)23)33-27(36)22-9-21(22)25(28)29/h4-5,7-8,10-12,19,21-22,25H,9,13-14H2,1-2H3,(H,30,32)(H,31,33,36)/t21-,22+/m1/s1. The van der Waals surface area contributed by atoms with Gasteiger partial charge in [-0.3, -0.25) is 9.59 Å². The van der Waals surface area contributed by atoms with E-state index in [0.717, 1.165) is 10.9 Å². The number of amides is 2. The summed E-state index contributed by atoms with van der Waals surface area (Å²) in [6.07, 6.45) is 0.890. The minimum Gasteiger partial charge on any atom is -0.487 e. The molecular formula is C27H25F2N5O3. The zero-order chi connectivity index (χ0) is 26.1. The van der Waals surface area contributed by atoms with Crippen molar-refractivity contribution in [3.63, 3.8) is 0 Å². The molecular weight excluding hydrogens is 480 g/mol. The molecule has 1 aromatic carbocycles. The summed E-state index contributed by atoms with van der Waals surface area (Å²) in [7, 11) is 1.74. The van der Waals surface area contributed by atoms with Crippen molar-refractivity contribution in [3.8, 4) is 17.6 Å². The van der Waals surface area contributed by atoms with Gasteiger partial charge in [0.1, 0.15) is 23.5 Å². The number of nitrogens with one attached hydrogen (secondary N) is 2. The van der Waals surface area contributed by atoms with Crippen molar-refractivity contribution < 1.29 is 23.1 Å². The highest BCUT2D eigenvalue weighted by atomic mass is 19.3. The number of hydrogen-bond acceptors (Lipinski definition) is 6. The van der Waals surface area contributed by atoms with Gasteiger partial charge >= 0.3 is 0 Å². The normalized spacial score (nSPS) is 18.6. The molecule has 1 aliphatic carbocycles. The molecule has 2 fully saturated rings. The lowest BCUT2D eigenvalue weighted by Crippen LogP contribution is -2.55. The highest BCUT2D eigenvalue weighted by Crippen LogP contribution is 2.43. The van der Waals surface area contributed by atoms with E-state index in [0.29, 0.717) is 35.6 Å². The molecule has 1 saturated carbocycles. The fourth-order valence-electron chi connectivity index (χ4n) is 4.23. The van der Waals surface area contributed by atoms with Crippen molar-refractivity contribution in [3.05, 3.63) is 53.9 Å². The Morgan fingerprint density at radius 2 is 1.86 bits per heavy atom. The maximum atomic E-state index is 12.8. The molecule has 3 aromatic rings. The fourth-order valence-corrected chi connectivity index (χ4v) is 4.23. The van der Waals surface area contributed by atoms with Crippen LogP contribution in [0.1, 0.15) is 24.5 Å². The summed E-state index contributed by atoms with van der Waals surface area (Å²) >= 11 is 0. The van der Waals surface area contributed by atoms with Gasteiger partial charge in [-0.1, -0.05) is 11.8 Å². The Morgan fingerprint density at radius 3 is 2.51 bits per heavy atom. The van der Waals surface area contributed by atoms with Crippen molar-refractivity contribution >= 4 is 34.2 Å². The average Bonchev–Trinajstić information content (AvgIpc) is 3.66. The highest BCUT2D eigenvalue weighted by Gasteiger charge is 2.48. The Balaban J connectivity index is 1.32. The largest absolute Gasteiger partial charge is 0.487 e. The Morgan fingerprint density at radius 1 is 1.11 bits per heavy atom. The van der Waals surface area contributed by atoms with Gasteiger partial charge in [0, 0.05) is 54.5 Å². The van der Waals surface area contributed by atoms with Crippen LogP contribution in [0.3, 0.4) is 0 Å². The van der Waals surface area contributed by atoms with Gasteiger partial charge in [0.25, 0.3) is 0 Å². The molecule has 5 rings (SSSR count). The van der Waals surface area contributed by atoms with E-state index in [4.69, 9.17) is 4.74 Å². The second kappa shape index (κ2) is 10.0. The van der Waals surface area contributed by atoms with Gasteiger partial charge in [-0.15, -0.1) is 0 Å². The molecule has 0 radical (unpaired) electrons. The summed E-state index contributed by atoms with van der Waals surface area (Å²) in [5.74, 6) is 5.85. The molecule has 2 amide bonds. The van der Waals surface area contributed by atoms with Crippen molar-refractivity contribution in [2.24, 2.45) is 11.8 Å². The van der Waals surface area contributed by atoms with E-state index in [-0.39, 0.29) is 24.2 Å². The van der Waals surface area contributed by atoms with E-state index in [2.05, 4.69) is 32.4 Å². The maximum Gasteiger partial charge on any atom is 0.242 e. The minimum atomic E-state index is -2.50. The van der Waals surface area contributed by atoms with Gasteiger partial charge in [0.15, 0.2) is 0 Å². The number of ether oxygens (including phenoxy) is 1. The number of rotatable bonds is 6. The summed E-state index contributed by atoms with van der Waals surface area (Å²) < 4.78 is 31.5. The maximum absolute atomic E-state index is 12.8. The first kappa shape index (κ1) is 24.4. The third kappa shape index (κ3) is 5.31. The van der Waals surface area contributed by atoms with Crippen LogP contribution >= 0.6 is 0 Å². The van der Waals surface area contributed by atoms with Crippen molar-refractivity contribution in [1.29, 1.82) is 0 Å². The van der Waals surface area contributed by atoms with Crippen molar-refractivity contribution in [1.82, 2.24) is 14.9 Å². The van der Waals surface area contributed by atoms with Gasteiger partial charge in [0.2, 0.25) is 18.2 Å². The molecule has 2 N–H and O–H groups in total. The number of alkyl halides is 2. The van der Waals surface area contributed by atoms with E-state index in [9.17, 15) is 18.4 Å². The molecule has 3 heterocycles. The number of hydrogen-bond donors (Lipinski definition) is 2. The molecule has 10 heteroatoms. The van der Waals surface area contributed by atoms with E-state index in [1.807, 2.05) is 24.3 Å². The lowest BCUT2D eigenvalue weighted by molar-refractivity contribution is -0.137. The van der Waals surface area contributed by atoms with Crippen LogP contribution in [0.25, 0.3) is 10.8 Å². The summed E-state index contributed by atoms with van der Waals surface area (Å²) in [6.45, 7) is 2.72. The lowest BCUT2D eigenvalue weighted by Gasteiger charge is -2.38. The number of likely N-dealkylation sites (tertiary alicyclic amines) is 1. The van der Waals surface area contributed by atoms with Gasteiger partial charge in [-0.05, 0) is 36.8 Å². The number of nitrogens with zero attached hydrogens (tertiary/aromatic N) is 3. The molecule has 0 unspecified atom stereocenters. The number of pyridine rings is 2. The Bertz CT molecular complexity index is 1410. The Labute approximate surface area is 212 Å². The third-order valence-electron chi connectivity index (χ3n) is 6.55. The van der Waals surface area contributed by atoms with Crippen LogP contribution in [-0.2, 0) is 9.59 Å². The average molecular weight is 506 g/mol. The quantitative estimate of drug-likeness (QED) is 0.498. The van der Waals surface area contributed by atoms with Crippen LogP contribution in [0.2, 0.25) is 0 Å². The highest BCUT2D eigenvalue weighted by molar-refractivity contribution is 5.99. The van der Waals surface area contributed by atoms with Crippen LogP contribution in [0.4, 0.5) is 20.4 Å². The molecule has 190 valence electrons. The van der Waals surface area contributed by atoms with Gasteiger partial charge in [-0.25, -0.2) is 18.7 Å². The number of fused-ring (bicyclic) bond motifs is 1. The van der Waals surface area contributed by atoms with Gasteiger partial charge in [-0.2, -0.15) is 0 Å². The predicted molar refractivity (Wildman–Crippen MR) is 134 cm³/mol. The Hall–Kier alpha value is -4.26. The van der Waals surface area contributed by atoms with Gasteiger partial charge in [0.05, 0.1) is 18.7 Å². The number of carbonyl (C=O) groups is 2. The van der Waals surface area contributed by atoms with E-state index >= 15 is 0 Å². The number of anilines is 2. The molecule has 2 atom stereocenters. The molecule has 2 aromatic heterocycles. The smallest absolute Gasteiger partial charge is 0.242 e. The number of halogens is 2. The van der Waals surface area contributed by atoms with Crippen molar-refractivity contribution in [2.45, 2.75) is 25.9 Å². The fraction of sp³-hybridized carbons (Fsp3) is 0.333. The molecule has 0 bridgehead atoms. The van der Waals surface area contributed by atoms with Crippen LogP contribution < -0.4 is 15.4 Å². The number of carbonyl (C=O) groups excluding carboxylic acids is 2. The second-order valence-electron chi connectivity index (χ2n) is 9.15. The monoisotopic (exact) mass is 505 g/mol. The molecule has 8 nitrogen and oxygen atoms in total. The lowest BCUT2D eigenvalue weighted by atomic mass is 10.1. The summed E-state index contributed by atoms with van der Waals surface area (Å²) in [4.78, 5) is 34.0. The van der Waals surface area contributed by atoms with E-state index in [1.165, 1.54) is 0 Å². The first-order valence-electron chi connectivity index (χ1n) is 11.9. The van der Waals surface area contributed by atoms with Crippen LogP contribution in [0.15, 0.2) is 42.7 Å². The van der Waals surface area contributed by atoms with Crippen LogP contribution in [0, 0.1) is 23.7 Å². The molecule has 37 heavy (non-hydrogen) atoms. The summed E-state index contributed by atoms with van der Waals surface area (Å²) in [5, 5.41) is 7.10. The van der Waals surface area contributed by atoms with E-state index < -0.39 is 24.2 Å². The first-order valence-corrected chi connectivity index (χ1v) is 11.9. The zero-order valence-corrected chi connectivity index (χ0v) is 20.3. The molecule has 1 aliphatic heterocycles. The second-order valence-corrected chi connectivity index (χ2v) is 9.15. The predicted octanol–water partition coefficient (Wildman–Crippen LogP) is 3.52. The minimum absolute atomic E-state index is 0.00608. The summed E-state index contributed by atoms with van der Waals surface area (Å²) in [5.41, 5.74) is 1.40. The number of benzene rings is 1. The first-order chi connectivity index (χ1) is 17.8. The molecule has 0 spiro atoms. The van der Waals surface area contributed by atoms with Gasteiger partial charge < -0.3 is 20.3 Å². The van der Waals surface area contributed by atoms with E-state index in [1.54, 1.807) is 37.3 Å². The van der Waals surface area contributed by atoms with Crippen LogP contribution in [-0.4, -0.2) is 59.3 Å². The zero-order valence-electron chi connectivity index (χ0n) is 20.3. The van der Waals surface area contributed by atoms with Crippen LogP contribution in [0.5, 0.6) is 5.75 Å². The third-order valence-corrected chi connectivity index (χ3v) is 6.55. The molecule has 2 aliphatic rings. The molecule has 1 saturated heterocycles.